The van der Waals surface area contributed by atoms with Gasteiger partial charge in [0.1, 0.15) is 0 Å². The first-order chi connectivity index (χ1) is 12.5. The average molecular weight is 392 g/mol. The van der Waals surface area contributed by atoms with Crippen LogP contribution < -0.4 is 5.56 Å². The standard InChI is InChI=1S/C19H22ClN3O2S/c1-3-9-23-18(25)15-11-14(20)7-8-16(15)21-19(23)26-12-17(24)22-10-5-4-6-13(22)2/h3,7-8,11,13H,1,4-6,9-10,12H2,2H3/t13-/m0/s1. The molecule has 3 rings (SSSR count). The van der Waals surface area contributed by atoms with Crippen LogP contribution in [0.5, 0.6) is 0 Å². The molecule has 0 unspecified atom stereocenters. The van der Waals surface area contributed by atoms with Gasteiger partial charge in [-0.1, -0.05) is 29.4 Å². The smallest absolute Gasteiger partial charge is 0.262 e. The largest absolute Gasteiger partial charge is 0.339 e. The molecule has 1 aliphatic rings. The number of carbonyl (C=O) groups is 1. The van der Waals surface area contributed by atoms with Crippen LogP contribution in [0.25, 0.3) is 10.9 Å². The topological polar surface area (TPSA) is 55.2 Å². The maximum absolute atomic E-state index is 12.8. The Morgan fingerprint density at radius 1 is 1.46 bits per heavy atom. The summed E-state index contributed by atoms with van der Waals surface area (Å²) in [6.07, 6.45) is 4.92. The summed E-state index contributed by atoms with van der Waals surface area (Å²) in [4.78, 5) is 31.9. The van der Waals surface area contributed by atoms with Gasteiger partial charge < -0.3 is 4.90 Å². The highest BCUT2D eigenvalue weighted by Gasteiger charge is 2.23. The number of carbonyl (C=O) groups excluding carboxylic acids is 1. The van der Waals surface area contributed by atoms with Crippen LogP contribution in [0.3, 0.4) is 0 Å². The van der Waals surface area contributed by atoms with Gasteiger partial charge in [0.15, 0.2) is 5.16 Å². The SMILES string of the molecule is C=CCn1c(SCC(=O)N2CCCC[C@@H]2C)nc2ccc(Cl)cc2c1=O. The molecule has 0 spiro atoms. The van der Waals surface area contributed by atoms with Crippen LogP contribution in [-0.2, 0) is 11.3 Å². The van der Waals surface area contributed by atoms with E-state index < -0.39 is 0 Å². The van der Waals surface area contributed by atoms with Crippen LogP contribution in [0.15, 0.2) is 40.8 Å². The quantitative estimate of drug-likeness (QED) is 0.442. The first kappa shape index (κ1) is 19.0. The number of nitrogens with zero attached hydrogens (tertiary/aromatic N) is 3. The van der Waals surface area contributed by atoms with Gasteiger partial charge in [0.2, 0.25) is 5.91 Å². The Balaban J connectivity index is 1.87. The third-order valence-corrected chi connectivity index (χ3v) is 5.84. The van der Waals surface area contributed by atoms with E-state index in [-0.39, 0.29) is 23.3 Å². The highest BCUT2D eigenvalue weighted by atomic mass is 35.5. The van der Waals surface area contributed by atoms with Crippen molar-refractivity contribution in [3.63, 3.8) is 0 Å². The predicted octanol–water partition coefficient (Wildman–Crippen LogP) is 3.73. The minimum atomic E-state index is -0.168. The Morgan fingerprint density at radius 2 is 2.27 bits per heavy atom. The lowest BCUT2D eigenvalue weighted by atomic mass is 10.0. The Labute approximate surface area is 162 Å². The number of halogens is 1. The van der Waals surface area contributed by atoms with E-state index in [9.17, 15) is 9.59 Å². The molecule has 138 valence electrons. The van der Waals surface area contributed by atoms with Crippen LogP contribution in [0, 0.1) is 0 Å². The maximum Gasteiger partial charge on any atom is 0.262 e. The number of allylic oxidation sites excluding steroid dienone is 1. The van der Waals surface area contributed by atoms with Crippen LogP contribution in [-0.4, -0.2) is 38.7 Å². The fourth-order valence-corrected chi connectivity index (χ4v) is 4.32. The van der Waals surface area contributed by atoms with Crippen molar-refractivity contribution < 1.29 is 4.79 Å². The lowest BCUT2D eigenvalue weighted by Gasteiger charge is -2.33. The zero-order chi connectivity index (χ0) is 18.7. The number of likely N-dealkylation sites (tertiary alicyclic amines) is 1. The molecule has 1 atom stereocenters. The second-order valence-electron chi connectivity index (χ2n) is 6.48. The number of rotatable bonds is 5. The number of hydrogen-bond acceptors (Lipinski definition) is 4. The molecule has 7 heteroatoms. The van der Waals surface area contributed by atoms with Gasteiger partial charge in [-0.15, -0.1) is 6.58 Å². The molecular formula is C19H22ClN3O2S. The molecule has 1 saturated heterocycles. The number of aromatic nitrogens is 2. The molecule has 0 N–H and O–H groups in total. The molecule has 0 saturated carbocycles. The van der Waals surface area contributed by atoms with Crippen LogP contribution in [0.4, 0.5) is 0 Å². The van der Waals surface area contributed by atoms with E-state index in [0.717, 1.165) is 19.4 Å². The van der Waals surface area contributed by atoms with Crippen LogP contribution in [0.2, 0.25) is 5.02 Å². The first-order valence-corrected chi connectivity index (χ1v) is 10.1. The minimum Gasteiger partial charge on any atom is -0.339 e. The van der Waals surface area contributed by atoms with Crippen LogP contribution >= 0.6 is 23.4 Å². The molecule has 1 fully saturated rings. The van der Waals surface area contributed by atoms with Gasteiger partial charge in [-0.25, -0.2) is 4.98 Å². The monoisotopic (exact) mass is 391 g/mol. The first-order valence-electron chi connectivity index (χ1n) is 8.74. The van der Waals surface area contributed by atoms with Crippen molar-refractivity contribution in [3.8, 4) is 0 Å². The van der Waals surface area contributed by atoms with E-state index >= 15 is 0 Å². The van der Waals surface area contributed by atoms with Crippen molar-refractivity contribution in [2.45, 2.75) is 43.9 Å². The fourth-order valence-electron chi connectivity index (χ4n) is 3.25. The van der Waals surface area contributed by atoms with Gasteiger partial charge in [-0.3, -0.25) is 14.2 Å². The number of thioether (sulfide) groups is 1. The van der Waals surface area contributed by atoms with Gasteiger partial charge in [0.25, 0.3) is 5.56 Å². The van der Waals surface area contributed by atoms with Crippen molar-refractivity contribution in [1.82, 2.24) is 14.5 Å². The highest BCUT2D eigenvalue weighted by molar-refractivity contribution is 7.99. The molecule has 2 heterocycles. The van der Waals surface area contributed by atoms with Crippen molar-refractivity contribution in [1.29, 1.82) is 0 Å². The predicted molar refractivity (Wildman–Crippen MR) is 107 cm³/mol. The van der Waals surface area contributed by atoms with Gasteiger partial charge in [-0.05, 0) is 44.4 Å². The summed E-state index contributed by atoms with van der Waals surface area (Å²) in [5, 5.41) is 1.50. The lowest BCUT2D eigenvalue weighted by molar-refractivity contribution is -0.131. The Hall–Kier alpha value is -1.79. The summed E-state index contributed by atoms with van der Waals surface area (Å²) >= 11 is 7.31. The number of piperidine rings is 1. The number of hydrogen-bond donors (Lipinski definition) is 0. The Morgan fingerprint density at radius 3 is 3.00 bits per heavy atom. The molecule has 2 aromatic rings. The zero-order valence-electron chi connectivity index (χ0n) is 14.8. The normalized spacial score (nSPS) is 17.5. The van der Waals surface area contributed by atoms with Gasteiger partial charge in [0, 0.05) is 24.2 Å². The molecule has 0 aliphatic carbocycles. The zero-order valence-corrected chi connectivity index (χ0v) is 16.4. The van der Waals surface area contributed by atoms with Gasteiger partial charge in [-0.2, -0.15) is 0 Å². The summed E-state index contributed by atoms with van der Waals surface area (Å²) in [5.74, 6) is 0.366. The lowest BCUT2D eigenvalue weighted by Crippen LogP contribution is -2.43. The van der Waals surface area contributed by atoms with Crippen molar-refractivity contribution in [2.75, 3.05) is 12.3 Å². The molecular weight excluding hydrogens is 370 g/mol. The van der Waals surface area contributed by atoms with Gasteiger partial charge >= 0.3 is 0 Å². The minimum absolute atomic E-state index is 0.0952. The number of fused-ring (bicyclic) bond motifs is 1. The second kappa shape index (κ2) is 8.27. The third-order valence-electron chi connectivity index (χ3n) is 4.64. The van der Waals surface area contributed by atoms with Crippen molar-refractivity contribution in [2.24, 2.45) is 0 Å². The maximum atomic E-state index is 12.8. The summed E-state index contributed by atoms with van der Waals surface area (Å²) in [6, 6.07) is 5.35. The van der Waals surface area contributed by atoms with E-state index in [1.807, 2.05) is 4.90 Å². The summed E-state index contributed by atoms with van der Waals surface area (Å²) in [7, 11) is 0. The molecule has 0 bridgehead atoms. The molecule has 1 aliphatic heterocycles. The molecule has 26 heavy (non-hydrogen) atoms. The van der Waals surface area contributed by atoms with E-state index in [2.05, 4.69) is 18.5 Å². The number of amides is 1. The van der Waals surface area contributed by atoms with E-state index in [1.54, 1.807) is 28.8 Å². The summed E-state index contributed by atoms with van der Waals surface area (Å²) < 4.78 is 1.54. The van der Waals surface area contributed by atoms with Crippen molar-refractivity contribution in [3.05, 3.63) is 46.2 Å². The fraction of sp³-hybridized carbons (Fsp3) is 0.421. The van der Waals surface area contributed by atoms with Crippen molar-refractivity contribution >= 4 is 40.2 Å². The van der Waals surface area contributed by atoms with E-state index in [1.165, 1.54) is 18.2 Å². The Bertz CT molecular complexity index is 896. The van der Waals surface area contributed by atoms with Gasteiger partial charge in [0.05, 0.1) is 16.7 Å². The molecule has 1 amide bonds. The summed E-state index contributed by atoms with van der Waals surface area (Å²) in [5.41, 5.74) is 0.416. The Kier molecular flexibility index (Phi) is 6.04. The second-order valence-corrected chi connectivity index (χ2v) is 7.86. The molecule has 0 radical (unpaired) electrons. The van der Waals surface area contributed by atoms with E-state index in [4.69, 9.17) is 11.6 Å². The van der Waals surface area contributed by atoms with Crippen LogP contribution in [0.1, 0.15) is 26.2 Å². The van der Waals surface area contributed by atoms with E-state index in [0.29, 0.717) is 27.6 Å². The average Bonchev–Trinajstić information content (AvgIpc) is 2.63. The molecule has 1 aromatic carbocycles. The highest BCUT2D eigenvalue weighted by Crippen LogP contribution is 2.23. The molecule has 1 aromatic heterocycles. The number of benzene rings is 1. The third kappa shape index (κ3) is 3.96. The summed E-state index contributed by atoms with van der Waals surface area (Å²) in [6.45, 7) is 6.95. The molecule has 5 nitrogen and oxygen atoms in total.